The topological polar surface area (TPSA) is 248 Å². The minimum absolute atomic E-state index is 0.747. The molecule has 194 valence electrons. The van der Waals surface area contributed by atoms with Gasteiger partial charge in [-0.2, -0.15) is 0 Å². The van der Waals surface area contributed by atoms with E-state index < -0.39 is 105 Å². The fraction of sp³-hybridized carbons (Fsp3) is 1.00. The number of hydrogen-bond acceptors (Lipinski definition) is 15. The van der Waals surface area contributed by atoms with Gasteiger partial charge in [0.2, 0.25) is 0 Å². The Morgan fingerprint density at radius 1 is 0.545 bits per heavy atom. The fourth-order valence-electron chi connectivity index (χ4n) is 3.97. The van der Waals surface area contributed by atoms with Crippen LogP contribution in [0.5, 0.6) is 0 Å². The molecule has 0 aliphatic carbocycles. The summed E-state index contributed by atoms with van der Waals surface area (Å²) < 4.78 is 26.7. The Labute approximate surface area is 187 Å². The molecule has 0 saturated carbocycles. The van der Waals surface area contributed by atoms with E-state index >= 15 is 0 Å². The summed E-state index contributed by atoms with van der Waals surface area (Å²) in [5.74, 6) is 0. The maximum Gasteiger partial charge on any atom is 0.187 e. The smallest absolute Gasteiger partial charge is 0.187 e. The summed E-state index contributed by atoms with van der Waals surface area (Å²) in [6.45, 7) is -0.115. The van der Waals surface area contributed by atoms with E-state index in [1.807, 2.05) is 0 Å². The molecule has 0 unspecified atom stereocenters. The second-order valence-corrected chi connectivity index (χ2v) is 8.32. The maximum atomic E-state index is 10.6. The molecule has 0 amide bonds. The van der Waals surface area contributed by atoms with E-state index in [0.717, 1.165) is 0 Å². The lowest BCUT2D eigenvalue weighted by atomic mass is 9.96. The molecule has 15 atom stereocenters. The first-order valence-corrected chi connectivity index (χ1v) is 10.4. The van der Waals surface area contributed by atoms with Crippen LogP contribution in [0.25, 0.3) is 0 Å². The Morgan fingerprint density at radius 3 is 1.61 bits per heavy atom. The van der Waals surface area contributed by atoms with Crippen molar-refractivity contribution in [2.75, 3.05) is 13.2 Å². The first-order chi connectivity index (χ1) is 15.5. The first-order valence-electron chi connectivity index (χ1n) is 10.4. The Kier molecular flexibility index (Phi) is 8.99. The second kappa shape index (κ2) is 11.0. The third-order valence-electron chi connectivity index (χ3n) is 6.06. The predicted octanol–water partition coefficient (Wildman–Crippen LogP) is -6.55. The largest absolute Gasteiger partial charge is 0.394 e. The molecule has 10 N–H and O–H groups in total. The molecule has 3 fully saturated rings. The van der Waals surface area contributed by atoms with Crippen molar-refractivity contribution < 1.29 is 74.7 Å². The number of rotatable bonds is 6. The summed E-state index contributed by atoms with van der Waals surface area (Å²) in [7, 11) is 0. The highest BCUT2D eigenvalue weighted by Gasteiger charge is 2.53. The molecule has 15 heteroatoms. The summed E-state index contributed by atoms with van der Waals surface area (Å²) in [5.41, 5.74) is 0. The van der Waals surface area contributed by atoms with E-state index in [1.54, 1.807) is 0 Å². The summed E-state index contributed by atoms with van der Waals surface area (Å²) in [4.78, 5) is 0. The van der Waals surface area contributed by atoms with Crippen LogP contribution in [0.15, 0.2) is 0 Å². The van der Waals surface area contributed by atoms with Crippen molar-refractivity contribution in [3.05, 3.63) is 0 Å². The monoisotopic (exact) mass is 488 g/mol. The van der Waals surface area contributed by atoms with E-state index in [0.29, 0.717) is 0 Å². The summed E-state index contributed by atoms with van der Waals surface area (Å²) in [6.07, 6.45) is -24.1. The molecular weight excluding hydrogens is 456 g/mol. The summed E-state index contributed by atoms with van der Waals surface area (Å²) >= 11 is 0. The van der Waals surface area contributed by atoms with Crippen LogP contribution >= 0.6 is 0 Å². The molecule has 33 heavy (non-hydrogen) atoms. The Balaban J connectivity index is 1.82. The average Bonchev–Trinajstić information content (AvgIpc) is 2.79. The molecule has 3 saturated heterocycles. The number of aliphatic hydroxyl groups excluding tert-OH is 10. The molecule has 0 aromatic carbocycles. The third kappa shape index (κ3) is 5.32. The zero-order valence-electron chi connectivity index (χ0n) is 17.6. The van der Waals surface area contributed by atoms with Crippen molar-refractivity contribution in [2.45, 2.75) is 99.0 Å². The van der Waals surface area contributed by atoms with E-state index in [-0.39, 0.29) is 0 Å². The summed E-state index contributed by atoms with van der Waals surface area (Å²) in [5, 5.41) is 100.0. The fourth-order valence-corrected chi connectivity index (χ4v) is 3.97. The molecule has 3 aliphatic heterocycles. The normalized spacial score (nSPS) is 53.7. The molecule has 3 heterocycles. The average molecular weight is 488 g/mol. The number of aliphatic hydroxyl groups is 10. The van der Waals surface area contributed by atoms with Gasteiger partial charge in [0.05, 0.1) is 19.3 Å². The van der Waals surface area contributed by atoms with Gasteiger partial charge >= 0.3 is 0 Å². The minimum atomic E-state index is -1.88. The molecule has 0 aromatic heterocycles. The van der Waals surface area contributed by atoms with Crippen LogP contribution in [0, 0.1) is 0 Å². The van der Waals surface area contributed by atoms with Gasteiger partial charge in [-0.25, -0.2) is 0 Å². The lowest BCUT2D eigenvalue weighted by Gasteiger charge is -2.48. The van der Waals surface area contributed by atoms with E-state index in [2.05, 4.69) is 0 Å². The lowest BCUT2D eigenvalue weighted by Crippen LogP contribution is -2.66. The highest BCUT2D eigenvalue weighted by Crippen LogP contribution is 2.32. The van der Waals surface area contributed by atoms with Crippen LogP contribution in [0.2, 0.25) is 0 Å². The third-order valence-corrected chi connectivity index (χ3v) is 6.06. The van der Waals surface area contributed by atoms with Gasteiger partial charge in [0.25, 0.3) is 0 Å². The standard InChI is InChI=1S/C18H32O15/c1-4-7(21)10(24)12(26)17(29-4)33-15-14(9(23)6(3-20)30-16(15)28)32-18-13(27)11(25)8(22)5(2-19)31-18/h4-28H,2-3H2,1H3/t4-,5-,6-,7+,8-,9-,10+,11+,12-,13-,14+,15-,16-,17+,18+/m1/s1. The van der Waals surface area contributed by atoms with Crippen LogP contribution in [0.3, 0.4) is 0 Å². The van der Waals surface area contributed by atoms with Gasteiger partial charge in [0.1, 0.15) is 67.1 Å². The van der Waals surface area contributed by atoms with Crippen LogP contribution in [0.1, 0.15) is 6.92 Å². The van der Waals surface area contributed by atoms with E-state index in [1.165, 1.54) is 6.92 Å². The zero-order valence-corrected chi connectivity index (χ0v) is 17.6. The van der Waals surface area contributed by atoms with Gasteiger partial charge in [-0.15, -0.1) is 0 Å². The van der Waals surface area contributed by atoms with Crippen LogP contribution in [-0.2, 0) is 23.7 Å². The summed E-state index contributed by atoms with van der Waals surface area (Å²) in [6, 6.07) is 0. The van der Waals surface area contributed by atoms with Gasteiger partial charge in [0.15, 0.2) is 18.9 Å². The van der Waals surface area contributed by atoms with Crippen molar-refractivity contribution in [3.8, 4) is 0 Å². The molecule has 0 aromatic rings. The van der Waals surface area contributed by atoms with Crippen molar-refractivity contribution in [1.82, 2.24) is 0 Å². The molecule has 15 nitrogen and oxygen atoms in total. The second-order valence-electron chi connectivity index (χ2n) is 8.32. The number of hydrogen-bond donors (Lipinski definition) is 10. The molecule has 0 bridgehead atoms. The molecule has 3 rings (SSSR count). The van der Waals surface area contributed by atoms with Gasteiger partial charge in [-0.1, -0.05) is 0 Å². The van der Waals surface area contributed by atoms with Crippen molar-refractivity contribution in [3.63, 3.8) is 0 Å². The Bertz CT molecular complexity index is 624. The van der Waals surface area contributed by atoms with Gasteiger partial charge in [-0.05, 0) is 6.92 Å². The van der Waals surface area contributed by atoms with Crippen LogP contribution in [0.4, 0.5) is 0 Å². The first kappa shape index (κ1) is 27.0. The van der Waals surface area contributed by atoms with E-state index in [9.17, 15) is 51.1 Å². The SMILES string of the molecule is C[C@H]1O[C@@H](O[C@@H]2[C@@H](O[C@@H]3O[C@H](CO)[C@@H](O)[C@H](O)[C@H]3O)[C@H](O)[C@@H](CO)O[C@H]2O)[C@H](O)[C@@H](O)[C@H]1O. The predicted molar refractivity (Wildman–Crippen MR) is 99.8 cm³/mol. The Morgan fingerprint density at radius 2 is 1.03 bits per heavy atom. The maximum absolute atomic E-state index is 10.6. The number of ether oxygens (including phenoxy) is 5. The van der Waals surface area contributed by atoms with E-state index in [4.69, 9.17) is 23.7 Å². The van der Waals surface area contributed by atoms with Crippen molar-refractivity contribution >= 4 is 0 Å². The van der Waals surface area contributed by atoms with Crippen LogP contribution in [-0.4, -0.2) is 156 Å². The quantitative estimate of drug-likeness (QED) is 0.167. The van der Waals surface area contributed by atoms with Crippen LogP contribution < -0.4 is 0 Å². The van der Waals surface area contributed by atoms with Gasteiger partial charge in [0, 0.05) is 0 Å². The molecule has 0 radical (unpaired) electrons. The highest BCUT2D eigenvalue weighted by atomic mass is 16.8. The minimum Gasteiger partial charge on any atom is -0.394 e. The molecule has 3 aliphatic rings. The highest BCUT2D eigenvalue weighted by molar-refractivity contribution is 4.96. The van der Waals surface area contributed by atoms with Crippen molar-refractivity contribution in [2.24, 2.45) is 0 Å². The van der Waals surface area contributed by atoms with Crippen molar-refractivity contribution in [1.29, 1.82) is 0 Å². The molecule has 0 spiro atoms. The lowest BCUT2D eigenvalue weighted by molar-refractivity contribution is -0.386. The van der Waals surface area contributed by atoms with Gasteiger partial charge in [-0.3, -0.25) is 0 Å². The van der Waals surface area contributed by atoms with Gasteiger partial charge < -0.3 is 74.7 Å². The Hall–Kier alpha value is -0.600. The molecular formula is C18H32O15. The zero-order chi connectivity index (χ0) is 24.6.